The fourth-order valence-corrected chi connectivity index (χ4v) is 2.46. The topological polar surface area (TPSA) is 92.4 Å². The maximum atomic E-state index is 12.4. The van der Waals surface area contributed by atoms with Crippen LogP contribution in [0.2, 0.25) is 0 Å². The lowest BCUT2D eigenvalue weighted by atomic mass is 10.0. The third-order valence-electron chi connectivity index (χ3n) is 3.74. The Kier molecular flexibility index (Phi) is 4.48. The number of aromatic carboxylic acids is 1. The van der Waals surface area contributed by atoms with Gasteiger partial charge in [0.2, 0.25) is 0 Å². The third kappa shape index (κ3) is 3.67. The van der Waals surface area contributed by atoms with Crippen LogP contribution in [0, 0.1) is 0 Å². The summed E-state index contributed by atoms with van der Waals surface area (Å²) in [6.45, 7) is 0. The van der Waals surface area contributed by atoms with Crippen molar-refractivity contribution in [2.45, 2.75) is 0 Å². The van der Waals surface area contributed by atoms with Crippen LogP contribution in [0.5, 0.6) is 0 Å². The molecule has 5 nitrogen and oxygen atoms in total. The number of ketones is 1. The van der Waals surface area contributed by atoms with Crippen LogP contribution in [0.4, 0.5) is 17.1 Å². The first-order chi connectivity index (χ1) is 12.0. The number of carboxylic acid groups (broad SMARTS) is 1. The predicted octanol–water partition coefficient (Wildman–Crippen LogP) is 3.94. The molecule has 4 N–H and O–H groups in total. The Morgan fingerprint density at radius 3 is 2.12 bits per heavy atom. The molecule has 3 aromatic carbocycles. The van der Waals surface area contributed by atoms with Gasteiger partial charge in [-0.15, -0.1) is 0 Å². The molecule has 0 fully saturated rings. The molecule has 0 aliphatic rings. The van der Waals surface area contributed by atoms with Gasteiger partial charge in [-0.3, -0.25) is 4.79 Å². The van der Waals surface area contributed by atoms with Gasteiger partial charge < -0.3 is 16.2 Å². The number of anilines is 3. The van der Waals surface area contributed by atoms with Gasteiger partial charge in [0, 0.05) is 22.5 Å². The lowest BCUT2D eigenvalue weighted by Gasteiger charge is -2.11. The van der Waals surface area contributed by atoms with Crippen LogP contribution < -0.4 is 11.1 Å². The number of nitrogens with one attached hydrogen (secondary N) is 1. The Morgan fingerprint density at radius 2 is 1.48 bits per heavy atom. The van der Waals surface area contributed by atoms with E-state index >= 15 is 0 Å². The van der Waals surface area contributed by atoms with Crippen LogP contribution in [0.25, 0.3) is 0 Å². The fraction of sp³-hybridized carbons (Fsp3) is 0. The lowest BCUT2D eigenvalue weighted by Crippen LogP contribution is -2.04. The second kappa shape index (κ2) is 6.88. The van der Waals surface area contributed by atoms with E-state index in [1.54, 1.807) is 48.5 Å². The van der Waals surface area contributed by atoms with E-state index in [0.717, 1.165) is 0 Å². The molecule has 0 saturated carbocycles. The van der Waals surface area contributed by atoms with E-state index in [4.69, 9.17) is 5.73 Å². The van der Waals surface area contributed by atoms with Gasteiger partial charge in [0.25, 0.3) is 0 Å². The minimum Gasteiger partial charge on any atom is -0.478 e. The number of rotatable bonds is 5. The van der Waals surface area contributed by atoms with Crippen LogP contribution >= 0.6 is 0 Å². The van der Waals surface area contributed by atoms with Gasteiger partial charge in [-0.2, -0.15) is 0 Å². The molecule has 5 heteroatoms. The van der Waals surface area contributed by atoms with Crippen molar-refractivity contribution in [1.82, 2.24) is 0 Å². The Bertz CT molecular complexity index is 919. The number of nitrogens with two attached hydrogens (primary N) is 1. The lowest BCUT2D eigenvalue weighted by molar-refractivity contribution is 0.0698. The molecule has 0 heterocycles. The number of nitrogen functional groups attached to an aromatic ring is 1. The molecule has 0 amide bonds. The maximum absolute atomic E-state index is 12.4. The molecule has 0 saturated heterocycles. The van der Waals surface area contributed by atoms with Crippen molar-refractivity contribution in [1.29, 1.82) is 0 Å². The number of hydrogen-bond donors (Lipinski definition) is 3. The summed E-state index contributed by atoms with van der Waals surface area (Å²) in [6.07, 6.45) is 0. The van der Waals surface area contributed by atoms with Crippen LogP contribution in [0.1, 0.15) is 26.3 Å². The smallest absolute Gasteiger partial charge is 0.337 e. The molecular weight excluding hydrogens is 316 g/mol. The minimum atomic E-state index is -1.06. The molecular formula is C20H16N2O3. The number of carbonyl (C=O) groups excluding carboxylic acids is 1. The van der Waals surface area contributed by atoms with E-state index in [1.807, 2.05) is 18.2 Å². The Balaban J connectivity index is 1.82. The third-order valence-corrected chi connectivity index (χ3v) is 3.74. The molecule has 0 aliphatic carbocycles. The molecule has 0 aromatic heterocycles. The summed E-state index contributed by atoms with van der Waals surface area (Å²) in [5.41, 5.74) is 8.40. The van der Waals surface area contributed by atoms with Crippen molar-refractivity contribution >= 4 is 28.8 Å². The van der Waals surface area contributed by atoms with Crippen molar-refractivity contribution in [2.24, 2.45) is 0 Å². The number of benzene rings is 3. The van der Waals surface area contributed by atoms with Gasteiger partial charge in [0.1, 0.15) is 0 Å². The predicted molar refractivity (Wildman–Crippen MR) is 97.4 cm³/mol. The zero-order valence-electron chi connectivity index (χ0n) is 13.3. The number of hydrogen-bond acceptors (Lipinski definition) is 4. The average Bonchev–Trinajstić information content (AvgIpc) is 2.64. The first kappa shape index (κ1) is 16.3. The molecule has 124 valence electrons. The summed E-state index contributed by atoms with van der Waals surface area (Å²) < 4.78 is 0. The largest absolute Gasteiger partial charge is 0.478 e. The monoisotopic (exact) mass is 332 g/mol. The van der Waals surface area contributed by atoms with E-state index in [-0.39, 0.29) is 11.3 Å². The summed E-state index contributed by atoms with van der Waals surface area (Å²) in [6, 6.07) is 20.5. The van der Waals surface area contributed by atoms with Crippen LogP contribution in [-0.2, 0) is 0 Å². The van der Waals surface area contributed by atoms with E-state index in [0.29, 0.717) is 28.2 Å². The minimum absolute atomic E-state index is 0.0640. The summed E-state index contributed by atoms with van der Waals surface area (Å²) >= 11 is 0. The van der Waals surface area contributed by atoms with Gasteiger partial charge in [0.15, 0.2) is 5.78 Å². The zero-order chi connectivity index (χ0) is 17.8. The van der Waals surface area contributed by atoms with Gasteiger partial charge in [-0.05, 0) is 42.5 Å². The molecule has 0 spiro atoms. The zero-order valence-corrected chi connectivity index (χ0v) is 13.3. The van der Waals surface area contributed by atoms with E-state index in [1.165, 1.54) is 6.07 Å². The van der Waals surface area contributed by atoms with Gasteiger partial charge in [0.05, 0.1) is 11.3 Å². The number of carboxylic acids is 1. The van der Waals surface area contributed by atoms with Gasteiger partial charge in [-0.25, -0.2) is 4.79 Å². The van der Waals surface area contributed by atoms with E-state index in [9.17, 15) is 14.7 Å². The normalized spacial score (nSPS) is 10.2. The van der Waals surface area contributed by atoms with Crippen molar-refractivity contribution in [3.8, 4) is 0 Å². The summed E-state index contributed by atoms with van der Waals surface area (Å²) in [5, 5.41) is 12.3. The summed E-state index contributed by atoms with van der Waals surface area (Å²) in [4.78, 5) is 23.7. The highest BCUT2D eigenvalue weighted by Crippen LogP contribution is 2.24. The Labute approximate surface area is 144 Å². The standard InChI is InChI=1S/C20H16N2O3/c21-15-8-11-18(17(12-15)20(24)25)22-16-9-6-14(7-10-16)19(23)13-4-2-1-3-5-13/h1-12,22H,21H2,(H,24,25). The van der Waals surface area contributed by atoms with Crippen LogP contribution in [0.3, 0.4) is 0 Å². The molecule has 3 rings (SSSR count). The second-order valence-corrected chi connectivity index (χ2v) is 5.51. The highest BCUT2D eigenvalue weighted by atomic mass is 16.4. The first-order valence-corrected chi connectivity index (χ1v) is 7.64. The van der Waals surface area contributed by atoms with E-state index < -0.39 is 5.97 Å². The average molecular weight is 332 g/mol. The molecule has 3 aromatic rings. The van der Waals surface area contributed by atoms with Crippen molar-refractivity contribution < 1.29 is 14.7 Å². The molecule has 25 heavy (non-hydrogen) atoms. The van der Waals surface area contributed by atoms with Crippen molar-refractivity contribution in [3.05, 3.63) is 89.5 Å². The van der Waals surface area contributed by atoms with Gasteiger partial charge in [-0.1, -0.05) is 30.3 Å². The second-order valence-electron chi connectivity index (χ2n) is 5.51. The Hall–Kier alpha value is -3.60. The molecule has 0 unspecified atom stereocenters. The van der Waals surface area contributed by atoms with E-state index in [2.05, 4.69) is 5.32 Å². The molecule has 0 aliphatic heterocycles. The van der Waals surface area contributed by atoms with Crippen molar-refractivity contribution in [2.75, 3.05) is 11.1 Å². The maximum Gasteiger partial charge on any atom is 0.337 e. The highest BCUT2D eigenvalue weighted by Gasteiger charge is 2.12. The molecule has 0 bridgehead atoms. The molecule has 0 radical (unpaired) electrons. The SMILES string of the molecule is Nc1ccc(Nc2ccc(C(=O)c3ccccc3)cc2)c(C(=O)O)c1. The summed E-state index contributed by atoms with van der Waals surface area (Å²) in [5.74, 6) is -1.13. The highest BCUT2D eigenvalue weighted by molar-refractivity contribution is 6.09. The Morgan fingerprint density at radius 1 is 0.840 bits per heavy atom. The first-order valence-electron chi connectivity index (χ1n) is 7.64. The van der Waals surface area contributed by atoms with Gasteiger partial charge >= 0.3 is 5.97 Å². The fourth-order valence-electron chi connectivity index (χ4n) is 2.46. The molecule has 0 atom stereocenters. The summed E-state index contributed by atoms with van der Waals surface area (Å²) in [7, 11) is 0. The van der Waals surface area contributed by atoms with Crippen LogP contribution in [0.15, 0.2) is 72.8 Å². The number of carbonyl (C=O) groups is 2. The van der Waals surface area contributed by atoms with Crippen LogP contribution in [-0.4, -0.2) is 16.9 Å². The quantitative estimate of drug-likeness (QED) is 0.486. The van der Waals surface area contributed by atoms with Crippen molar-refractivity contribution in [3.63, 3.8) is 0 Å².